The Balaban J connectivity index is 3.11. The van der Waals surface area contributed by atoms with Crippen molar-refractivity contribution in [3.8, 4) is 12.3 Å². The van der Waals surface area contributed by atoms with E-state index in [1.165, 1.54) is 15.6 Å². The van der Waals surface area contributed by atoms with Gasteiger partial charge in [-0.3, -0.25) is 0 Å². The Labute approximate surface area is 132 Å². The Morgan fingerprint density at radius 1 is 1.38 bits per heavy atom. The van der Waals surface area contributed by atoms with Gasteiger partial charge in [0.1, 0.15) is 4.90 Å². The Kier molecular flexibility index (Phi) is 7.40. The summed E-state index contributed by atoms with van der Waals surface area (Å²) < 4.78 is 27.1. The molecule has 0 saturated heterocycles. The van der Waals surface area contributed by atoms with E-state index in [4.69, 9.17) is 6.42 Å². The van der Waals surface area contributed by atoms with Crippen LogP contribution in [0.25, 0.3) is 0 Å². The van der Waals surface area contributed by atoms with Gasteiger partial charge in [-0.05, 0) is 37.3 Å². The summed E-state index contributed by atoms with van der Waals surface area (Å²) in [7, 11) is -3.52. The van der Waals surface area contributed by atoms with Crippen molar-refractivity contribution in [3.63, 3.8) is 0 Å². The van der Waals surface area contributed by atoms with Gasteiger partial charge in [-0.15, -0.1) is 17.8 Å². The zero-order valence-corrected chi connectivity index (χ0v) is 14.6. The first-order chi connectivity index (χ1) is 9.98. The number of rotatable bonds is 9. The molecule has 0 radical (unpaired) electrons. The zero-order valence-electron chi connectivity index (χ0n) is 13.0. The number of nitrogens with one attached hydrogen (secondary N) is 1. The normalized spacial score (nSPS) is 11.8. The quantitative estimate of drug-likeness (QED) is 0.560. The summed E-state index contributed by atoms with van der Waals surface area (Å²) in [5.74, 6) is 2.45. The van der Waals surface area contributed by atoms with Crippen LogP contribution in [0.1, 0.15) is 37.1 Å². The van der Waals surface area contributed by atoms with Gasteiger partial charge in [0.25, 0.3) is 0 Å². The molecule has 0 aliphatic rings. The maximum absolute atomic E-state index is 12.9. The third kappa shape index (κ3) is 4.55. The summed E-state index contributed by atoms with van der Waals surface area (Å²) in [6.45, 7) is 7.89. The Morgan fingerprint density at radius 3 is 2.67 bits per heavy atom. The van der Waals surface area contributed by atoms with Crippen LogP contribution in [0.5, 0.6) is 0 Å². The summed E-state index contributed by atoms with van der Waals surface area (Å²) in [5.41, 5.74) is 0.798. The van der Waals surface area contributed by atoms with E-state index < -0.39 is 10.0 Å². The van der Waals surface area contributed by atoms with Gasteiger partial charge in [0.15, 0.2) is 0 Å². The molecular weight excluding hydrogens is 304 g/mol. The topological polar surface area (TPSA) is 49.4 Å². The molecule has 1 rings (SSSR count). The van der Waals surface area contributed by atoms with Crippen LogP contribution >= 0.6 is 11.3 Å². The molecule has 6 heteroatoms. The van der Waals surface area contributed by atoms with E-state index in [1.54, 1.807) is 0 Å². The predicted molar refractivity (Wildman–Crippen MR) is 88.9 cm³/mol. The van der Waals surface area contributed by atoms with Gasteiger partial charge >= 0.3 is 0 Å². The smallest absolute Gasteiger partial charge is 0.245 e. The van der Waals surface area contributed by atoms with Crippen molar-refractivity contribution < 1.29 is 8.42 Å². The van der Waals surface area contributed by atoms with Crippen LogP contribution in [-0.4, -0.2) is 32.4 Å². The van der Waals surface area contributed by atoms with Gasteiger partial charge in [0.05, 0.1) is 6.54 Å². The third-order valence-corrected chi connectivity index (χ3v) is 6.35. The summed E-state index contributed by atoms with van der Waals surface area (Å²) in [6.07, 6.45) is 7.08. The number of thiophene rings is 1. The van der Waals surface area contributed by atoms with E-state index in [9.17, 15) is 8.42 Å². The largest absolute Gasteiger partial charge is 0.312 e. The molecule has 0 atom stereocenters. The van der Waals surface area contributed by atoms with Crippen LogP contribution in [0, 0.1) is 19.3 Å². The number of nitrogens with zero attached hydrogens (tertiary/aromatic N) is 1. The summed E-state index contributed by atoms with van der Waals surface area (Å²) in [4.78, 5) is 1.29. The van der Waals surface area contributed by atoms with Crippen LogP contribution in [0.3, 0.4) is 0 Å². The first kappa shape index (κ1) is 18.2. The first-order valence-electron chi connectivity index (χ1n) is 7.20. The molecule has 0 aromatic carbocycles. The fraction of sp³-hybridized carbons (Fsp3) is 0.600. The maximum Gasteiger partial charge on any atom is 0.245 e. The summed E-state index contributed by atoms with van der Waals surface area (Å²) >= 11 is 1.49. The van der Waals surface area contributed by atoms with E-state index in [-0.39, 0.29) is 6.54 Å². The van der Waals surface area contributed by atoms with Crippen molar-refractivity contribution in [3.05, 3.63) is 15.8 Å². The molecular formula is C15H24N2O2S2. The van der Waals surface area contributed by atoms with Crippen molar-refractivity contribution in [2.45, 2.75) is 45.1 Å². The van der Waals surface area contributed by atoms with Crippen molar-refractivity contribution in [1.82, 2.24) is 9.62 Å². The van der Waals surface area contributed by atoms with Crippen LogP contribution in [0.15, 0.2) is 10.3 Å². The van der Waals surface area contributed by atoms with E-state index >= 15 is 0 Å². The second-order valence-corrected chi connectivity index (χ2v) is 7.73. The first-order valence-corrected chi connectivity index (χ1v) is 9.52. The van der Waals surface area contributed by atoms with E-state index in [0.29, 0.717) is 18.0 Å². The predicted octanol–water partition coefficient (Wildman–Crippen LogP) is 2.59. The minimum atomic E-state index is -3.52. The van der Waals surface area contributed by atoms with Crippen LogP contribution in [-0.2, 0) is 16.6 Å². The molecule has 0 fully saturated rings. The lowest BCUT2D eigenvalue weighted by molar-refractivity contribution is 0.444. The van der Waals surface area contributed by atoms with Crippen molar-refractivity contribution in [2.75, 3.05) is 19.6 Å². The average molecular weight is 329 g/mol. The molecule has 0 aliphatic carbocycles. The number of terminal acetylenes is 1. The second-order valence-electron chi connectivity index (χ2n) is 4.89. The molecule has 1 aromatic heterocycles. The van der Waals surface area contributed by atoms with Crippen LogP contribution < -0.4 is 5.32 Å². The van der Waals surface area contributed by atoms with E-state index in [2.05, 4.69) is 18.2 Å². The second kappa shape index (κ2) is 8.54. The average Bonchev–Trinajstić information content (AvgIpc) is 2.80. The molecule has 21 heavy (non-hydrogen) atoms. The molecule has 0 amide bonds. The molecule has 0 aliphatic heterocycles. The lowest BCUT2D eigenvalue weighted by Crippen LogP contribution is -2.33. The SMILES string of the molecule is C#CCN(CCC)S(=O)(=O)c1c(C)csc1CNCCC. The van der Waals surface area contributed by atoms with Gasteiger partial charge in [0.2, 0.25) is 10.0 Å². The Bertz CT molecular complexity index is 585. The fourth-order valence-electron chi connectivity index (χ4n) is 2.10. The van der Waals surface area contributed by atoms with Crippen LogP contribution in [0.2, 0.25) is 0 Å². The lowest BCUT2D eigenvalue weighted by Gasteiger charge is -2.20. The monoisotopic (exact) mass is 328 g/mol. The molecule has 0 saturated carbocycles. The Hall–Kier alpha value is -0.870. The minimum Gasteiger partial charge on any atom is -0.312 e. The molecule has 1 heterocycles. The fourth-order valence-corrected chi connectivity index (χ4v) is 5.28. The molecule has 1 aromatic rings. The van der Waals surface area contributed by atoms with Gasteiger partial charge < -0.3 is 5.32 Å². The van der Waals surface area contributed by atoms with Gasteiger partial charge in [-0.1, -0.05) is 19.8 Å². The molecule has 0 unspecified atom stereocenters. The molecule has 0 bridgehead atoms. The van der Waals surface area contributed by atoms with Crippen molar-refractivity contribution in [2.24, 2.45) is 0 Å². The van der Waals surface area contributed by atoms with Gasteiger partial charge in [-0.25, -0.2) is 8.42 Å². The number of aryl methyl sites for hydroxylation is 1. The zero-order chi connectivity index (χ0) is 15.9. The highest BCUT2D eigenvalue weighted by atomic mass is 32.2. The number of sulfonamides is 1. The van der Waals surface area contributed by atoms with Crippen molar-refractivity contribution >= 4 is 21.4 Å². The third-order valence-electron chi connectivity index (χ3n) is 3.04. The Morgan fingerprint density at radius 2 is 2.10 bits per heavy atom. The maximum atomic E-state index is 12.9. The number of hydrogen-bond donors (Lipinski definition) is 1. The lowest BCUT2D eigenvalue weighted by atomic mass is 10.3. The molecule has 118 valence electrons. The molecule has 0 spiro atoms. The van der Waals surface area contributed by atoms with Gasteiger partial charge in [-0.2, -0.15) is 4.31 Å². The van der Waals surface area contributed by atoms with E-state index in [0.717, 1.165) is 29.8 Å². The van der Waals surface area contributed by atoms with E-state index in [1.807, 2.05) is 19.2 Å². The molecule has 4 nitrogen and oxygen atoms in total. The number of hydrogen-bond acceptors (Lipinski definition) is 4. The van der Waals surface area contributed by atoms with Crippen molar-refractivity contribution in [1.29, 1.82) is 0 Å². The highest BCUT2D eigenvalue weighted by Crippen LogP contribution is 2.29. The minimum absolute atomic E-state index is 0.118. The van der Waals surface area contributed by atoms with Crippen LogP contribution in [0.4, 0.5) is 0 Å². The van der Waals surface area contributed by atoms with Gasteiger partial charge in [0, 0.05) is 18.0 Å². The standard InChI is InChI=1S/C15H24N2O2S2/c1-5-8-16-11-14-15(13(4)12-20-14)21(18,19)17(9-6-2)10-7-3/h2,12,16H,5,7-11H2,1,3-4H3. The summed E-state index contributed by atoms with van der Waals surface area (Å²) in [6, 6.07) is 0. The molecule has 1 N–H and O–H groups in total. The highest BCUT2D eigenvalue weighted by Gasteiger charge is 2.28. The summed E-state index contributed by atoms with van der Waals surface area (Å²) in [5, 5.41) is 5.17. The highest BCUT2D eigenvalue weighted by molar-refractivity contribution is 7.89.